The first-order valence-electron chi connectivity index (χ1n) is 14.2. The topological polar surface area (TPSA) is 65.0 Å². The lowest BCUT2D eigenvalue weighted by Gasteiger charge is -2.22. The molecule has 4 aromatic carbocycles. The van der Waals surface area contributed by atoms with Gasteiger partial charge in [0.05, 0.1) is 6.61 Å². The van der Waals surface area contributed by atoms with Crippen LogP contribution in [-0.2, 0) is 27.1 Å². The largest absolute Gasteiger partial charge is 0.491 e. The van der Waals surface area contributed by atoms with E-state index in [1.165, 1.54) is 22.3 Å². The van der Waals surface area contributed by atoms with Gasteiger partial charge in [0.25, 0.3) is 0 Å². The molecule has 1 aliphatic carbocycles. The van der Waals surface area contributed by atoms with E-state index >= 15 is 0 Å². The minimum absolute atomic E-state index is 0.219. The zero-order chi connectivity index (χ0) is 28.6. The normalized spacial score (nSPS) is 14.5. The van der Waals surface area contributed by atoms with Crippen molar-refractivity contribution in [1.82, 2.24) is 0 Å². The van der Waals surface area contributed by atoms with Crippen molar-refractivity contribution in [1.29, 1.82) is 0 Å². The van der Waals surface area contributed by atoms with Crippen molar-refractivity contribution in [3.63, 3.8) is 0 Å². The summed E-state index contributed by atoms with van der Waals surface area (Å²) in [5.74, 6) is -0.242. The third-order valence-corrected chi connectivity index (χ3v) is 7.39. The molecule has 0 saturated carbocycles. The molecule has 2 atom stereocenters. The molecule has 0 aliphatic heterocycles. The van der Waals surface area contributed by atoms with Gasteiger partial charge in [-0.3, -0.25) is 0 Å². The average molecular weight is 549 g/mol. The molecule has 4 aromatic rings. The van der Waals surface area contributed by atoms with Crippen LogP contribution in [0.4, 0.5) is 0 Å². The minimum atomic E-state index is -0.955. The van der Waals surface area contributed by atoms with Crippen molar-refractivity contribution in [2.45, 2.75) is 38.9 Å². The maximum atomic E-state index is 11.4. The number of rotatable bonds is 12. The van der Waals surface area contributed by atoms with Crippen LogP contribution in [0.5, 0.6) is 5.75 Å². The smallest absolute Gasteiger partial charge is 0.333 e. The summed E-state index contributed by atoms with van der Waals surface area (Å²) in [6, 6.07) is 31.1. The van der Waals surface area contributed by atoms with Crippen LogP contribution in [-0.4, -0.2) is 37.0 Å². The van der Waals surface area contributed by atoms with E-state index in [0.717, 1.165) is 28.7 Å². The van der Waals surface area contributed by atoms with Crippen molar-refractivity contribution in [2.24, 2.45) is 0 Å². The summed E-state index contributed by atoms with van der Waals surface area (Å²) in [7, 11) is 0. The summed E-state index contributed by atoms with van der Waals surface area (Å²) < 4.78 is 17.9. The molecule has 0 amide bonds. The second-order valence-corrected chi connectivity index (χ2v) is 10.1. The summed E-state index contributed by atoms with van der Waals surface area (Å²) in [5.41, 5.74) is 9.14. The van der Waals surface area contributed by atoms with Crippen molar-refractivity contribution in [3.8, 4) is 16.9 Å². The van der Waals surface area contributed by atoms with Gasteiger partial charge in [-0.05, 0) is 76.1 Å². The number of aryl methyl sites for hydroxylation is 1. The standard InChI is InChI=1S/C36H36O5/c1-3-25-10-13-28-14-15-30-24-29(27-8-6-5-7-9-27)16-19-32(30)35(33(28)22-25)41-21-20-40-31-17-11-26(12-18-31)23-34(36(37)38)39-4-2/h5-19,22,24,34-35H,3-4,20-21,23H2,1-2H3,(H,37,38). The van der Waals surface area contributed by atoms with Gasteiger partial charge in [0, 0.05) is 13.0 Å². The summed E-state index contributed by atoms with van der Waals surface area (Å²) in [5, 5.41) is 9.34. The fourth-order valence-electron chi connectivity index (χ4n) is 5.20. The molecule has 1 aliphatic rings. The molecule has 1 N–H and O–H groups in total. The van der Waals surface area contributed by atoms with Crippen molar-refractivity contribution < 1.29 is 24.1 Å². The Hall–Kier alpha value is -4.19. The van der Waals surface area contributed by atoms with E-state index in [1.807, 2.05) is 30.3 Å². The van der Waals surface area contributed by atoms with E-state index in [0.29, 0.717) is 32.0 Å². The van der Waals surface area contributed by atoms with Crippen LogP contribution in [0.15, 0.2) is 91.0 Å². The molecular weight excluding hydrogens is 512 g/mol. The predicted octanol–water partition coefficient (Wildman–Crippen LogP) is 7.62. The first-order valence-corrected chi connectivity index (χ1v) is 14.2. The molecule has 0 fully saturated rings. The Morgan fingerprint density at radius 1 is 0.780 bits per heavy atom. The molecule has 5 rings (SSSR count). The van der Waals surface area contributed by atoms with Crippen LogP contribution in [0.1, 0.15) is 53.3 Å². The summed E-state index contributed by atoms with van der Waals surface area (Å²) in [6.07, 6.45) is 4.58. The number of benzene rings is 4. The summed E-state index contributed by atoms with van der Waals surface area (Å²) in [4.78, 5) is 11.4. The van der Waals surface area contributed by atoms with Crippen LogP contribution >= 0.6 is 0 Å². The van der Waals surface area contributed by atoms with Crippen molar-refractivity contribution >= 4 is 18.1 Å². The number of carbonyl (C=O) groups is 1. The molecular formula is C36H36O5. The molecule has 5 heteroatoms. The molecule has 0 spiro atoms. The fourth-order valence-corrected chi connectivity index (χ4v) is 5.20. The Bertz CT molecular complexity index is 1490. The Morgan fingerprint density at radius 3 is 2.27 bits per heavy atom. The number of aliphatic carboxylic acids is 1. The monoisotopic (exact) mass is 548 g/mol. The van der Waals surface area contributed by atoms with E-state index in [-0.39, 0.29) is 6.10 Å². The third-order valence-electron chi connectivity index (χ3n) is 7.39. The number of fused-ring (bicyclic) bond motifs is 2. The second-order valence-electron chi connectivity index (χ2n) is 10.1. The highest BCUT2D eigenvalue weighted by atomic mass is 16.5. The number of hydrogen-bond donors (Lipinski definition) is 1. The highest BCUT2D eigenvalue weighted by molar-refractivity contribution is 5.79. The maximum absolute atomic E-state index is 11.4. The quantitative estimate of drug-likeness (QED) is 0.185. The number of hydrogen-bond acceptors (Lipinski definition) is 4. The zero-order valence-electron chi connectivity index (χ0n) is 23.6. The Labute approximate surface area is 242 Å². The lowest BCUT2D eigenvalue weighted by Crippen LogP contribution is -2.26. The Morgan fingerprint density at radius 2 is 1.54 bits per heavy atom. The molecule has 5 nitrogen and oxygen atoms in total. The van der Waals surface area contributed by atoms with Gasteiger partial charge in [-0.15, -0.1) is 0 Å². The van der Waals surface area contributed by atoms with Gasteiger partial charge < -0.3 is 19.3 Å². The molecule has 0 radical (unpaired) electrons. The van der Waals surface area contributed by atoms with Gasteiger partial charge in [-0.2, -0.15) is 0 Å². The summed E-state index contributed by atoms with van der Waals surface area (Å²) in [6.45, 7) is 5.12. The SMILES string of the molecule is CCOC(Cc1ccc(OCCOC2c3ccc(-c4ccccc4)cc3C=Cc3ccc(CC)cc32)cc1)C(=O)O. The van der Waals surface area contributed by atoms with Crippen LogP contribution < -0.4 is 4.74 Å². The molecule has 0 heterocycles. The first kappa shape index (κ1) is 28.3. The van der Waals surface area contributed by atoms with E-state index in [1.54, 1.807) is 6.92 Å². The third kappa shape index (κ3) is 6.94. The highest BCUT2D eigenvalue weighted by Gasteiger charge is 2.23. The van der Waals surface area contributed by atoms with Crippen LogP contribution in [0.3, 0.4) is 0 Å². The van der Waals surface area contributed by atoms with E-state index < -0.39 is 12.1 Å². The number of ether oxygens (including phenoxy) is 3. The van der Waals surface area contributed by atoms with Crippen LogP contribution in [0, 0.1) is 0 Å². The Kier molecular flexibility index (Phi) is 9.29. The van der Waals surface area contributed by atoms with E-state index in [2.05, 4.69) is 79.7 Å². The van der Waals surface area contributed by atoms with Gasteiger partial charge in [0.1, 0.15) is 18.5 Å². The first-order chi connectivity index (χ1) is 20.1. The molecule has 0 saturated heterocycles. The van der Waals surface area contributed by atoms with Crippen molar-refractivity contribution in [3.05, 3.63) is 124 Å². The van der Waals surface area contributed by atoms with Gasteiger partial charge >= 0.3 is 5.97 Å². The van der Waals surface area contributed by atoms with E-state index in [9.17, 15) is 9.90 Å². The highest BCUT2D eigenvalue weighted by Crippen LogP contribution is 2.38. The zero-order valence-corrected chi connectivity index (χ0v) is 23.6. The molecule has 210 valence electrons. The molecule has 0 aromatic heterocycles. The lowest BCUT2D eigenvalue weighted by molar-refractivity contribution is -0.149. The molecule has 41 heavy (non-hydrogen) atoms. The molecule has 0 bridgehead atoms. The van der Waals surface area contributed by atoms with E-state index in [4.69, 9.17) is 14.2 Å². The van der Waals surface area contributed by atoms with Gasteiger partial charge in [0.15, 0.2) is 6.10 Å². The van der Waals surface area contributed by atoms with Crippen LogP contribution in [0.25, 0.3) is 23.3 Å². The average Bonchev–Trinajstić information content (AvgIpc) is 3.16. The van der Waals surface area contributed by atoms with Crippen molar-refractivity contribution in [2.75, 3.05) is 19.8 Å². The lowest BCUT2D eigenvalue weighted by atomic mass is 9.92. The number of carboxylic acid groups (broad SMARTS) is 1. The van der Waals surface area contributed by atoms with Gasteiger partial charge in [0.2, 0.25) is 0 Å². The minimum Gasteiger partial charge on any atom is -0.491 e. The van der Waals surface area contributed by atoms with Gasteiger partial charge in [-0.25, -0.2) is 4.79 Å². The summed E-state index contributed by atoms with van der Waals surface area (Å²) >= 11 is 0. The maximum Gasteiger partial charge on any atom is 0.333 e. The molecule has 2 unspecified atom stereocenters. The predicted molar refractivity (Wildman–Crippen MR) is 163 cm³/mol. The fraction of sp³-hybridized carbons (Fsp3) is 0.250. The van der Waals surface area contributed by atoms with Crippen LogP contribution in [0.2, 0.25) is 0 Å². The second kappa shape index (κ2) is 13.4. The Balaban J connectivity index is 1.30. The number of carboxylic acids is 1. The van der Waals surface area contributed by atoms with Gasteiger partial charge in [-0.1, -0.05) is 91.9 Å².